The third-order valence-corrected chi connectivity index (χ3v) is 4.24. The highest BCUT2D eigenvalue weighted by atomic mass is 79.9. The fraction of sp³-hybridized carbons (Fsp3) is 0.500. The van der Waals surface area contributed by atoms with E-state index in [9.17, 15) is 10.1 Å². The Balaban J connectivity index is 1.94. The summed E-state index contributed by atoms with van der Waals surface area (Å²) in [4.78, 5) is 10.5. The fourth-order valence-electron chi connectivity index (χ4n) is 2.53. The molecule has 1 aliphatic carbocycles. The average Bonchev–Trinajstić information content (AvgIpc) is 3.12. The topological polar surface area (TPSA) is 55.2 Å². The van der Waals surface area contributed by atoms with Crippen LogP contribution >= 0.6 is 15.9 Å². The normalized spacial score (nSPS) is 22.8. The Hall–Kier alpha value is -1.10. The molecule has 1 fully saturated rings. The summed E-state index contributed by atoms with van der Waals surface area (Å²) in [5.41, 5.74) is 2.28. The van der Waals surface area contributed by atoms with Crippen LogP contribution in [-0.4, -0.2) is 11.0 Å². The second-order valence-electron chi connectivity index (χ2n) is 4.85. The van der Waals surface area contributed by atoms with Gasteiger partial charge in [-0.25, -0.2) is 0 Å². The van der Waals surface area contributed by atoms with E-state index in [0.717, 1.165) is 34.5 Å². The number of aryl methyl sites for hydroxylation is 1. The molecular weight excluding hydrogens is 284 g/mol. The molecule has 3 rings (SSSR count). The third-order valence-electron chi connectivity index (χ3n) is 3.61. The number of non-ortho nitro benzene ring substituents is 1. The Morgan fingerprint density at radius 3 is 2.76 bits per heavy atom. The Labute approximate surface area is 108 Å². The molecule has 5 heteroatoms. The Kier molecular flexibility index (Phi) is 2.58. The number of nitro benzene ring substituents is 1. The number of halogens is 1. The first kappa shape index (κ1) is 11.0. The van der Waals surface area contributed by atoms with Gasteiger partial charge in [-0.1, -0.05) is 0 Å². The van der Waals surface area contributed by atoms with Gasteiger partial charge in [0.15, 0.2) is 0 Å². The van der Waals surface area contributed by atoms with Crippen LogP contribution in [-0.2, 0) is 6.42 Å². The van der Waals surface area contributed by atoms with Gasteiger partial charge >= 0.3 is 0 Å². The second-order valence-corrected chi connectivity index (χ2v) is 5.70. The molecule has 1 heterocycles. The SMILES string of the molecule is O=[N+]([O-])c1cc(Br)c2c(c1)CCC(C1CC1)N2. The molecule has 1 aliphatic heterocycles. The molecular formula is C12H13BrN2O2. The minimum atomic E-state index is -0.335. The molecule has 0 radical (unpaired) electrons. The van der Waals surface area contributed by atoms with Crippen LogP contribution < -0.4 is 5.32 Å². The number of rotatable bonds is 2. The Bertz CT molecular complexity index is 486. The quantitative estimate of drug-likeness (QED) is 0.671. The number of benzene rings is 1. The highest BCUT2D eigenvalue weighted by Crippen LogP contribution is 2.42. The van der Waals surface area contributed by atoms with Gasteiger partial charge in [-0.15, -0.1) is 0 Å². The lowest BCUT2D eigenvalue weighted by molar-refractivity contribution is -0.385. The number of nitrogens with one attached hydrogen (secondary N) is 1. The van der Waals surface area contributed by atoms with E-state index in [2.05, 4.69) is 21.2 Å². The summed E-state index contributed by atoms with van der Waals surface area (Å²) in [6.07, 6.45) is 4.66. The van der Waals surface area contributed by atoms with Gasteiger partial charge in [0.05, 0.1) is 10.6 Å². The van der Waals surface area contributed by atoms with Crippen LogP contribution in [0.15, 0.2) is 16.6 Å². The van der Waals surface area contributed by atoms with Crippen molar-refractivity contribution in [3.05, 3.63) is 32.3 Å². The highest BCUT2D eigenvalue weighted by Gasteiger charge is 2.34. The van der Waals surface area contributed by atoms with Crippen LogP contribution in [0.25, 0.3) is 0 Å². The van der Waals surface area contributed by atoms with E-state index in [1.807, 2.05) is 0 Å². The van der Waals surface area contributed by atoms with Crippen LogP contribution in [0.1, 0.15) is 24.8 Å². The van der Waals surface area contributed by atoms with Gasteiger partial charge in [0, 0.05) is 22.6 Å². The van der Waals surface area contributed by atoms with E-state index in [0.29, 0.717) is 6.04 Å². The summed E-state index contributed by atoms with van der Waals surface area (Å²) < 4.78 is 0.812. The van der Waals surface area contributed by atoms with Crippen molar-refractivity contribution in [3.63, 3.8) is 0 Å². The molecule has 17 heavy (non-hydrogen) atoms. The second kappa shape index (κ2) is 3.98. The molecule has 0 spiro atoms. The predicted octanol–water partition coefficient (Wildman–Crippen LogP) is 3.49. The Morgan fingerprint density at radius 1 is 1.35 bits per heavy atom. The van der Waals surface area contributed by atoms with Crippen LogP contribution in [0.2, 0.25) is 0 Å². The lowest BCUT2D eigenvalue weighted by Gasteiger charge is -2.27. The zero-order valence-corrected chi connectivity index (χ0v) is 10.9. The van der Waals surface area contributed by atoms with Crippen molar-refractivity contribution in [2.75, 3.05) is 5.32 Å². The molecule has 1 aromatic rings. The number of fused-ring (bicyclic) bond motifs is 1. The maximum Gasteiger partial charge on any atom is 0.270 e. The smallest absolute Gasteiger partial charge is 0.270 e. The predicted molar refractivity (Wildman–Crippen MR) is 69.3 cm³/mol. The largest absolute Gasteiger partial charge is 0.381 e. The molecule has 1 N–H and O–H groups in total. The number of anilines is 1. The Morgan fingerprint density at radius 2 is 2.12 bits per heavy atom. The summed E-state index contributed by atoms with van der Waals surface area (Å²) in [7, 11) is 0. The van der Waals surface area contributed by atoms with Crippen molar-refractivity contribution >= 4 is 27.3 Å². The first-order valence-electron chi connectivity index (χ1n) is 5.88. The van der Waals surface area contributed by atoms with Gasteiger partial charge in [0.2, 0.25) is 0 Å². The first-order chi connectivity index (χ1) is 8.15. The van der Waals surface area contributed by atoms with E-state index in [1.54, 1.807) is 12.1 Å². The van der Waals surface area contributed by atoms with Crippen molar-refractivity contribution in [1.29, 1.82) is 0 Å². The summed E-state index contributed by atoms with van der Waals surface area (Å²) in [5, 5.41) is 14.3. The molecule has 0 amide bonds. The highest BCUT2D eigenvalue weighted by molar-refractivity contribution is 9.10. The van der Waals surface area contributed by atoms with Crippen molar-refractivity contribution in [2.24, 2.45) is 5.92 Å². The molecule has 1 unspecified atom stereocenters. The molecule has 90 valence electrons. The summed E-state index contributed by atoms with van der Waals surface area (Å²) >= 11 is 3.43. The van der Waals surface area contributed by atoms with Gasteiger partial charge in [0.25, 0.3) is 5.69 Å². The summed E-state index contributed by atoms with van der Waals surface area (Å²) in [6.45, 7) is 0. The first-order valence-corrected chi connectivity index (χ1v) is 6.68. The van der Waals surface area contributed by atoms with E-state index in [-0.39, 0.29) is 10.6 Å². The van der Waals surface area contributed by atoms with Crippen LogP contribution in [0.5, 0.6) is 0 Å². The maximum atomic E-state index is 10.8. The lowest BCUT2D eigenvalue weighted by Crippen LogP contribution is -2.27. The minimum absolute atomic E-state index is 0.169. The van der Waals surface area contributed by atoms with E-state index >= 15 is 0 Å². The molecule has 1 aromatic carbocycles. The third kappa shape index (κ3) is 2.04. The number of hydrogen-bond acceptors (Lipinski definition) is 3. The fourth-order valence-corrected chi connectivity index (χ4v) is 3.14. The molecule has 0 bridgehead atoms. The van der Waals surface area contributed by atoms with Gasteiger partial charge in [-0.3, -0.25) is 10.1 Å². The van der Waals surface area contributed by atoms with Crippen molar-refractivity contribution in [2.45, 2.75) is 31.7 Å². The summed E-state index contributed by atoms with van der Waals surface area (Å²) in [6, 6.07) is 3.83. The maximum absolute atomic E-state index is 10.8. The van der Waals surface area contributed by atoms with E-state index in [4.69, 9.17) is 0 Å². The molecule has 1 saturated carbocycles. The van der Waals surface area contributed by atoms with Crippen molar-refractivity contribution in [1.82, 2.24) is 0 Å². The molecule has 0 saturated heterocycles. The number of nitro groups is 1. The van der Waals surface area contributed by atoms with Gasteiger partial charge in [0.1, 0.15) is 0 Å². The molecule has 2 aliphatic rings. The van der Waals surface area contributed by atoms with Crippen molar-refractivity contribution in [3.8, 4) is 0 Å². The van der Waals surface area contributed by atoms with Gasteiger partial charge < -0.3 is 5.32 Å². The monoisotopic (exact) mass is 296 g/mol. The molecule has 1 atom stereocenters. The van der Waals surface area contributed by atoms with E-state index in [1.165, 1.54) is 12.8 Å². The molecule has 0 aromatic heterocycles. The standard InChI is InChI=1S/C12H13BrN2O2/c13-10-6-9(15(16)17)5-8-3-4-11(7-1-2-7)14-12(8)10/h5-7,11,14H,1-4H2. The molecule has 4 nitrogen and oxygen atoms in total. The van der Waals surface area contributed by atoms with Gasteiger partial charge in [-0.2, -0.15) is 0 Å². The van der Waals surface area contributed by atoms with E-state index < -0.39 is 0 Å². The van der Waals surface area contributed by atoms with Crippen LogP contribution in [0.4, 0.5) is 11.4 Å². The lowest BCUT2D eigenvalue weighted by atomic mass is 9.95. The number of hydrogen-bond donors (Lipinski definition) is 1. The zero-order chi connectivity index (χ0) is 12.0. The average molecular weight is 297 g/mol. The number of nitrogens with zero attached hydrogens (tertiary/aromatic N) is 1. The van der Waals surface area contributed by atoms with Crippen LogP contribution in [0, 0.1) is 16.0 Å². The summed E-state index contributed by atoms with van der Waals surface area (Å²) in [5.74, 6) is 0.810. The van der Waals surface area contributed by atoms with Gasteiger partial charge in [-0.05, 0) is 53.1 Å². The minimum Gasteiger partial charge on any atom is -0.381 e. The van der Waals surface area contributed by atoms with Crippen molar-refractivity contribution < 1.29 is 4.92 Å². The van der Waals surface area contributed by atoms with Crippen LogP contribution in [0.3, 0.4) is 0 Å². The zero-order valence-electron chi connectivity index (χ0n) is 9.28.